The smallest absolute Gasteiger partial charge is 0.248 e. The first-order chi connectivity index (χ1) is 13.4. The number of imidazole rings is 1. The van der Waals surface area contributed by atoms with Crippen molar-refractivity contribution in [3.63, 3.8) is 0 Å². The molecule has 2 aromatic heterocycles. The fourth-order valence-electron chi connectivity index (χ4n) is 2.73. The summed E-state index contributed by atoms with van der Waals surface area (Å²) in [6.07, 6.45) is 0. The molecule has 0 unspecified atom stereocenters. The average Bonchev–Trinajstić information content (AvgIpc) is 3.06. The molecule has 3 rings (SSSR count). The van der Waals surface area contributed by atoms with E-state index in [4.69, 9.17) is 34.8 Å². The quantitative estimate of drug-likeness (QED) is 0.548. The number of likely N-dealkylation sites (N-methyl/N-ethyl adjacent to an activating group) is 1. The van der Waals surface area contributed by atoms with E-state index in [0.717, 1.165) is 11.1 Å². The van der Waals surface area contributed by atoms with Crippen molar-refractivity contribution in [3.8, 4) is 0 Å². The van der Waals surface area contributed by atoms with Crippen LogP contribution >= 0.6 is 34.8 Å². The number of pyridine rings is 1. The Labute approximate surface area is 176 Å². The predicted octanol–water partition coefficient (Wildman–Crippen LogP) is 3.38. The number of benzene rings is 1. The Morgan fingerprint density at radius 2 is 1.82 bits per heavy atom. The number of nitrogens with zero attached hydrogens (tertiary/aromatic N) is 4. The van der Waals surface area contributed by atoms with Crippen molar-refractivity contribution in [1.29, 1.82) is 0 Å². The molecule has 0 saturated carbocycles. The third kappa shape index (κ3) is 5.05. The van der Waals surface area contributed by atoms with Gasteiger partial charge in [0.1, 0.15) is 11.8 Å². The lowest BCUT2D eigenvalue weighted by atomic mass is 10.2. The second-order valence-corrected chi connectivity index (χ2v) is 7.50. The Balaban J connectivity index is 1.70. The lowest BCUT2D eigenvalue weighted by Crippen LogP contribution is -2.38. The summed E-state index contributed by atoms with van der Waals surface area (Å²) < 4.78 is 0. The van der Waals surface area contributed by atoms with E-state index in [9.17, 15) is 9.90 Å². The number of hydrogen-bond acceptors (Lipinski definition) is 5. The van der Waals surface area contributed by atoms with Crippen molar-refractivity contribution < 1.29 is 9.90 Å². The van der Waals surface area contributed by atoms with Gasteiger partial charge < -0.3 is 19.9 Å². The van der Waals surface area contributed by atoms with Crippen molar-refractivity contribution in [1.82, 2.24) is 19.9 Å². The van der Waals surface area contributed by atoms with Crippen LogP contribution in [-0.2, 0) is 11.3 Å². The number of H-pyrrole nitrogens is 1. The van der Waals surface area contributed by atoms with E-state index >= 15 is 0 Å². The number of hydrogen-bond donors (Lipinski definition) is 2. The van der Waals surface area contributed by atoms with Crippen LogP contribution in [0, 0.1) is 0 Å². The molecule has 1 amide bonds. The molecule has 0 aliphatic heterocycles. The molecule has 0 fully saturated rings. The summed E-state index contributed by atoms with van der Waals surface area (Å²) in [7, 11) is 1.84. The van der Waals surface area contributed by atoms with Gasteiger partial charge in [-0.05, 0) is 35.9 Å². The standard InChI is InChI=1S/C18H18Cl3N5O2/c1-25(18-22-14-2-3-15(21)23-17(14)24-18)4-5-26(16(28)10-27)9-11-6-12(19)8-13(20)7-11/h2-3,6-8,27H,4-5,9-10H2,1H3,(H,22,23,24). The van der Waals surface area contributed by atoms with E-state index in [0.29, 0.717) is 39.9 Å². The van der Waals surface area contributed by atoms with Crippen LogP contribution in [0.3, 0.4) is 0 Å². The summed E-state index contributed by atoms with van der Waals surface area (Å²) in [6.45, 7) is 0.550. The van der Waals surface area contributed by atoms with Gasteiger partial charge in [0.2, 0.25) is 11.9 Å². The number of rotatable bonds is 7. The highest BCUT2D eigenvalue weighted by molar-refractivity contribution is 6.34. The maximum absolute atomic E-state index is 12.2. The van der Waals surface area contributed by atoms with E-state index in [1.165, 1.54) is 4.90 Å². The second-order valence-electron chi connectivity index (χ2n) is 6.24. The Morgan fingerprint density at radius 3 is 2.50 bits per heavy atom. The van der Waals surface area contributed by atoms with Crippen LogP contribution in [0.15, 0.2) is 30.3 Å². The molecule has 148 valence electrons. The number of aromatic nitrogens is 3. The minimum absolute atomic E-state index is 0.283. The van der Waals surface area contributed by atoms with Gasteiger partial charge in [-0.2, -0.15) is 4.98 Å². The summed E-state index contributed by atoms with van der Waals surface area (Å²) in [5.41, 5.74) is 2.07. The average molecular weight is 443 g/mol. The molecule has 28 heavy (non-hydrogen) atoms. The number of aromatic amines is 1. The maximum atomic E-state index is 12.2. The Bertz CT molecular complexity index is 974. The van der Waals surface area contributed by atoms with Crippen LogP contribution in [0.1, 0.15) is 5.56 Å². The van der Waals surface area contributed by atoms with E-state index in [-0.39, 0.29) is 12.5 Å². The summed E-state index contributed by atoms with van der Waals surface area (Å²) in [6, 6.07) is 8.59. The van der Waals surface area contributed by atoms with Crippen LogP contribution in [0.2, 0.25) is 15.2 Å². The van der Waals surface area contributed by atoms with Gasteiger partial charge in [0.15, 0.2) is 5.65 Å². The molecule has 1 aromatic carbocycles. The number of carbonyl (C=O) groups is 1. The molecule has 0 saturated heterocycles. The topological polar surface area (TPSA) is 85.3 Å². The summed E-state index contributed by atoms with van der Waals surface area (Å²) in [5.74, 6) is 0.217. The zero-order chi connectivity index (χ0) is 20.3. The van der Waals surface area contributed by atoms with Gasteiger partial charge in [-0.15, -0.1) is 0 Å². The Kier molecular flexibility index (Phi) is 6.61. The fourth-order valence-corrected chi connectivity index (χ4v) is 3.44. The molecule has 2 N–H and O–H groups in total. The summed E-state index contributed by atoms with van der Waals surface area (Å²) in [5, 5.41) is 10.6. The summed E-state index contributed by atoms with van der Waals surface area (Å²) >= 11 is 18.0. The van der Waals surface area contributed by atoms with Crippen molar-refractivity contribution in [2.24, 2.45) is 0 Å². The van der Waals surface area contributed by atoms with E-state index in [1.54, 1.807) is 30.3 Å². The maximum Gasteiger partial charge on any atom is 0.248 e. The second kappa shape index (κ2) is 8.96. The molecular weight excluding hydrogens is 425 g/mol. The van der Waals surface area contributed by atoms with Crippen molar-refractivity contribution >= 4 is 57.8 Å². The minimum atomic E-state index is -0.578. The fraction of sp³-hybridized carbons (Fsp3) is 0.278. The van der Waals surface area contributed by atoms with Crippen molar-refractivity contribution in [3.05, 3.63) is 51.1 Å². The van der Waals surface area contributed by atoms with Gasteiger partial charge in [0.25, 0.3) is 0 Å². The molecule has 0 atom stereocenters. The molecule has 0 spiro atoms. The summed E-state index contributed by atoms with van der Waals surface area (Å²) in [4.78, 5) is 27.3. The largest absolute Gasteiger partial charge is 0.387 e. The number of halogens is 3. The van der Waals surface area contributed by atoms with Crippen LogP contribution in [0.25, 0.3) is 11.2 Å². The zero-order valence-electron chi connectivity index (χ0n) is 15.0. The van der Waals surface area contributed by atoms with Gasteiger partial charge in [-0.25, -0.2) is 4.98 Å². The van der Waals surface area contributed by atoms with Gasteiger partial charge in [-0.1, -0.05) is 34.8 Å². The lowest BCUT2D eigenvalue weighted by molar-refractivity contribution is -0.134. The molecule has 7 nitrogen and oxygen atoms in total. The number of anilines is 1. The number of carbonyl (C=O) groups excluding carboxylic acids is 1. The number of nitrogens with one attached hydrogen (secondary N) is 1. The number of aliphatic hydroxyl groups is 1. The Morgan fingerprint density at radius 1 is 1.11 bits per heavy atom. The third-order valence-corrected chi connectivity index (χ3v) is 4.80. The van der Waals surface area contributed by atoms with Crippen LogP contribution in [0.4, 0.5) is 5.95 Å². The molecule has 0 aliphatic rings. The van der Waals surface area contributed by atoms with Crippen LogP contribution < -0.4 is 4.90 Å². The molecule has 10 heteroatoms. The number of amides is 1. The zero-order valence-corrected chi connectivity index (χ0v) is 17.3. The highest BCUT2D eigenvalue weighted by Gasteiger charge is 2.16. The van der Waals surface area contributed by atoms with Crippen molar-refractivity contribution in [2.45, 2.75) is 6.54 Å². The van der Waals surface area contributed by atoms with E-state index in [2.05, 4.69) is 15.0 Å². The molecular formula is C18H18Cl3N5O2. The van der Waals surface area contributed by atoms with E-state index < -0.39 is 6.61 Å². The highest BCUT2D eigenvalue weighted by Crippen LogP contribution is 2.21. The lowest BCUT2D eigenvalue weighted by Gasteiger charge is -2.25. The van der Waals surface area contributed by atoms with E-state index in [1.807, 2.05) is 11.9 Å². The van der Waals surface area contributed by atoms with Crippen molar-refractivity contribution in [2.75, 3.05) is 31.6 Å². The minimum Gasteiger partial charge on any atom is -0.387 e. The highest BCUT2D eigenvalue weighted by atomic mass is 35.5. The number of fused-ring (bicyclic) bond motifs is 1. The first-order valence-electron chi connectivity index (χ1n) is 8.42. The van der Waals surface area contributed by atoms with Crippen LogP contribution in [0.5, 0.6) is 0 Å². The first-order valence-corrected chi connectivity index (χ1v) is 9.56. The molecule has 0 aliphatic carbocycles. The van der Waals surface area contributed by atoms with Gasteiger partial charge in [0, 0.05) is 36.7 Å². The van der Waals surface area contributed by atoms with Gasteiger partial charge >= 0.3 is 0 Å². The van der Waals surface area contributed by atoms with Gasteiger partial charge in [-0.3, -0.25) is 4.79 Å². The monoisotopic (exact) mass is 441 g/mol. The molecule has 2 heterocycles. The Hall–Kier alpha value is -2.06. The molecule has 0 bridgehead atoms. The number of aliphatic hydroxyl groups excluding tert-OH is 1. The molecule has 0 radical (unpaired) electrons. The predicted molar refractivity (Wildman–Crippen MR) is 111 cm³/mol. The normalized spacial score (nSPS) is 11.0. The SMILES string of the molecule is CN(CCN(Cc1cc(Cl)cc(Cl)c1)C(=O)CO)c1nc2nc(Cl)ccc2[nH]1. The first kappa shape index (κ1) is 20.7. The molecule has 3 aromatic rings. The third-order valence-electron chi connectivity index (χ3n) is 4.15. The van der Waals surface area contributed by atoms with Gasteiger partial charge in [0.05, 0.1) is 5.52 Å². The van der Waals surface area contributed by atoms with Crippen LogP contribution in [-0.4, -0.2) is 57.6 Å².